The molecule has 1 heterocycles. The van der Waals surface area contributed by atoms with Gasteiger partial charge in [0.15, 0.2) is 6.29 Å². The van der Waals surface area contributed by atoms with Crippen LogP contribution in [0.3, 0.4) is 0 Å². The van der Waals surface area contributed by atoms with Crippen molar-refractivity contribution in [2.75, 3.05) is 25.2 Å². The van der Waals surface area contributed by atoms with Gasteiger partial charge in [0.05, 0.1) is 6.61 Å². The van der Waals surface area contributed by atoms with Gasteiger partial charge in [-0.05, 0) is 25.5 Å². The fourth-order valence-electron chi connectivity index (χ4n) is 1.11. The first-order valence-corrected chi connectivity index (χ1v) is 5.55. The standard InChI is InChI=1S/C8H16O2S/c1-11-7-6-10-8-4-2-3-5-9-8/h8H,2-7H2,1H3. The highest BCUT2D eigenvalue weighted by atomic mass is 32.2. The molecule has 3 heteroatoms. The van der Waals surface area contributed by atoms with E-state index in [1.807, 2.05) is 11.8 Å². The fraction of sp³-hybridized carbons (Fsp3) is 1.00. The monoisotopic (exact) mass is 176 g/mol. The van der Waals surface area contributed by atoms with Crippen molar-refractivity contribution >= 4 is 11.8 Å². The van der Waals surface area contributed by atoms with E-state index in [1.165, 1.54) is 12.8 Å². The molecule has 0 saturated carbocycles. The first-order valence-electron chi connectivity index (χ1n) is 4.15. The van der Waals surface area contributed by atoms with Crippen LogP contribution in [0, 0.1) is 0 Å². The molecule has 0 radical (unpaired) electrons. The number of rotatable bonds is 4. The van der Waals surface area contributed by atoms with Crippen molar-refractivity contribution in [2.24, 2.45) is 0 Å². The maximum atomic E-state index is 5.48. The Morgan fingerprint density at radius 1 is 1.55 bits per heavy atom. The van der Waals surface area contributed by atoms with Crippen LogP contribution in [0.5, 0.6) is 0 Å². The molecular weight excluding hydrogens is 160 g/mol. The Morgan fingerprint density at radius 2 is 2.45 bits per heavy atom. The SMILES string of the molecule is CSCCOC1CCCCO1. The highest BCUT2D eigenvalue weighted by Crippen LogP contribution is 2.13. The summed E-state index contributed by atoms with van der Waals surface area (Å²) in [5, 5.41) is 0. The summed E-state index contributed by atoms with van der Waals surface area (Å²) >= 11 is 1.81. The molecule has 66 valence electrons. The first-order chi connectivity index (χ1) is 5.43. The van der Waals surface area contributed by atoms with Gasteiger partial charge >= 0.3 is 0 Å². The van der Waals surface area contributed by atoms with Crippen LogP contribution in [-0.2, 0) is 9.47 Å². The Kier molecular flexibility index (Phi) is 4.99. The largest absolute Gasteiger partial charge is 0.353 e. The lowest BCUT2D eigenvalue weighted by molar-refractivity contribution is -0.158. The Bertz CT molecular complexity index is 92.1. The smallest absolute Gasteiger partial charge is 0.157 e. The lowest BCUT2D eigenvalue weighted by Crippen LogP contribution is -2.23. The van der Waals surface area contributed by atoms with E-state index in [0.29, 0.717) is 0 Å². The van der Waals surface area contributed by atoms with Crippen molar-refractivity contribution in [3.63, 3.8) is 0 Å². The molecule has 0 aliphatic carbocycles. The minimum absolute atomic E-state index is 0.0934. The van der Waals surface area contributed by atoms with Crippen LogP contribution in [0.1, 0.15) is 19.3 Å². The number of thioether (sulfide) groups is 1. The van der Waals surface area contributed by atoms with Crippen molar-refractivity contribution in [2.45, 2.75) is 25.6 Å². The lowest BCUT2D eigenvalue weighted by Gasteiger charge is -2.22. The van der Waals surface area contributed by atoms with Crippen LogP contribution < -0.4 is 0 Å². The van der Waals surface area contributed by atoms with E-state index in [9.17, 15) is 0 Å². The summed E-state index contributed by atoms with van der Waals surface area (Å²) < 4.78 is 10.9. The summed E-state index contributed by atoms with van der Waals surface area (Å²) in [4.78, 5) is 0. The molecule has 0 aromatic carbocycles. The van der Waals surface area contributed by atoms with Crippen LogP contribution >= 0.6 is 11.8 Å². The minimum Gasteiger partial charge on any atom is -0.353 e. The summed E-state index contributed by atoms with van der Waals surface area (Å²) in [6, 6.07) is 0. The van der Waals surface area contributed by atoms with E-state index in [0.717, 1.165) is 25.4 Å². The molecule has 2 nitrogen and oxygen atoms in total. The third kappa shape index (κ3) is 3.99. The Morgan fingerprint density at radius 3 is 3.09 bits per heavy atom. The van der Waals surface area contributed by atoms with Crippen molar-refractivity contribution in [3.8, 4) is 0 Å². The molecule has 1 fully saturated rings. The lowest BCUT2D eigenvalue weighted by atomic mass is 10.2. The van der Waals surface area contributed by atoms with Gasteiger partial charge in [-0.2, -0.15) is 11.8 Å². The van der Waals surface area contributed by atoms with Crippen molar-refractivity contribution < 1.29 is 9.47 Å². The minimum atomic E-state index is 0.0934. The Hall–Kier alpha value is 0.270. The average molecular weight is 176 g/mol. The topological polar surface area (TPSA) is 18.5 Å². The van der Waals surface area contributed by atoms with E-state index < -0.39 is 0 Å². The van der Waals surface area contributed by atoms with E-state index in [-0.39, 0.29) is 6.29 Å². The highest BCUT2D eigenvalue weighted by molar-refractivity contribution is 7.98. The first kappa shape index (κ1) is 9.36. The molecule has 0 bridgehead atoms. The molecule has 0 spiro atoms. The molecular formula is C8H16O2S. The van der Waals surface area contributed by atoms with Gasteiger partial charge in [0.1, 0.15) is 0 Å². The van der Waals surface area contributed by atoms with E-state index in [4.69, 9.17) is 9.47 Å². The maximum Gasteiger partial charge on any atom is 0.157 e. The van der Waals surface area contributed by atoms with Gasteiger partial charge in [-0.25, -0.2) is 0 Å². The van der Waals surface area contributed by atoms with Gasteiger partial charge in [0, 0.05) is 12.4 Å². The van der Waals surface area contributed by atoms with Crippen LogP contribution in [0.4, 0.5) is 0 Å². The number of hydrogen-bond acceptors (Lipinski definition) is 3. The van der Waals surface area contributed by atoms with Gasteiger partial charge in [0.25, 0.3) is 0 Å². The second-order valence-electron chi connectivity index (χ2n) is 2.66. The van der Waals surface area contributed by atoms with Crippen LogP contribution in [0.25, 0.3) is 0 Å². The maximum absolute atomic E-state index is 5.48. The Balaban J connectivity index is 1.96. The zero-order chi connectivity index (χ0) is 7.94. The summed E-state index contributed by atoms with van der Waals surface area (Å²) in [6.07, 6.45) is 5.71. The highest BCUT2D eigenvalue weighted by Gasteiger charge is 2.12. The van der Waals surface area contributed by atoms with Gasteiger partial charge in [-0.3, -0.25) is 0 Å². The third-order valence-electron chi connectivity index (χ3n) is 1.73. The zero-order valence-corrected chi connectivity index (χ0v) is 7.86. The molecule has 1 rings (SSSR count). The van der Waals surface area contributed by atoms with Gasteiger partial charge in [-0.15, -0.1) is 0 Å². The molecule has 0 aromatic rings. The van der Waals surface area contributed by atoms with Gasteiger partial charge in [-0.1, -0.05) is 0 Å². The molecule has 1 aliphatic rings. The normalized spacial score (nSPS) is 25.4. The van der Waals surface area contributed by atoms with Gasteiger partial charge < -0.3 is 9.47 Å². The van der Waals surface area contributed by atoms with Crippen molar-refractivity contribution in [3.05, 3.63) is 0 Å². The molecule has 11 heavy (non-hydrogen) atoms. The number of ether oxygens (including phenoxy) is 2. The van der Waals surface area contributed by atoms with E-state index in [1.54, 1.807) is 0 Å². The van der Waals surface area contributed by atoms with Crippen molar-refractivity contribution in [1.29, 1.82) is 0 Å². The summed E-state index contributed by atoms with van der Waals surface area (Å²) in [6.45, 7) is 1.70. The molecule has 1 aliphatic heterocycles. The van der Waals surface area contributed by atoms with Crippen LogP contribution in [0.15, 0.2) is 0 Å². The molecule has 1 saturated heterocycles. The molecule has 0 amide bonds. The summed E-state index contributed by atoms with van der Waals surface area (Å²) in [7, 11) is 0. The predicted molar refractivity (Wildman–Crippen MR) is 47.9 cm³/mol. The van der Waals surface area contributed by atoms with Crippen LogP contribution in [0.2, 0.25) is 0 Å². The second kappa shape index (κ2) is 5.86. The molecule has 1 unspecified atom stereocenters. The Labute approximate surface area is 72.6 Å². The van der Waals surface area contributed by atoms with E-state index >= 15 is 0 Å². The van der Waals surface area contributed by atoms with Crippen molar-refractivity contribution in [1.82, 2.24) is 0 Å². The summed E-state index contributed by atoms with van der Waals surface area (Å²) in [5.74, 6) is 1.07. The molecule has 0 N–H and O–H groups in total. The van der Waals surface area contributed by atoms with Gasteiger partial charge in [0.2, 0.25) is 0 Å². The fourth-order valence-corrected chi connectivity index (χ4v) is 1.37. The zero-order valence-electron chi connectivity index (χ0n) is 7.04. The predicted octanol–water partition coefficient (Wildman–Crippen LogP) is 1.89. The van der Waals surface area contributed by atoms with E-state index in [2.05, 4.69) is 6.26 Å². The third-order valence-corrected chi connectivity index (χ3v) is 2.30. The number of hydrogen-bond donors (Lipinski definition) is 0. The molecule has 0 aromatic heterocycles. The molecule has 1 atom stereocenters. The average Bonchev–Trinajstić information content (AvgIpc) is 2.07. The second-order valence-corrected chi connectivity index (χ2v) is 3.65. The summed E-state index contributed by atoms with van der Waals surface area (Å²) in [5.41, 5.74) is 0. The van der Waals surface area contributed by atoms with Crippen LogP contribution in [-0.4, -0.2) is 31.5 Å². The quantitative estimate of drug-likeness (QED) is 0.609.